The molecule has 1 heterocycles. The van der Waals surface area contributed by atoms with Crippen molar-refractivity contribution < 1.29 is 9.47 Å². The van der Waals surface area contributed by atoms with Crippen LogP contribution in [0, 0.1) is 0 Å². The number of hydrogen-bond donors (Lipinski definition) is 1. The van der Waals surface area contributed by atoms with E-state index in [1.165, 1.54) is 5.69 Å². The molecule has 0 fully saturated rings. The Kier molecular flexibility index (Phi) is 7.35. The van der Waals surface area contributed by atoms with E-state index in [-0.39, 0.29) is 0 Å². The van der Waals surface area contributed by atoms with Crippen molar-refractivity contribution in [3.8, 4) is 5.75 Å². The molecule has 136 valence electrons. The van der Waals surface area contributed by atoms with Crippen LogP contribution >= 0.6 is 0 Å². The summed E-state index contributed by atoms with van der Waals surface area (Å²) in [7, 11) is 7.54. The molecule has 25 heavy (non-hydrogen) atoms. The first-order valence-corrected chi connectivity index (χ1v) is 8.37. The fourth-order valence-electron chi connectivity index (χ4n) is 2.60. The first kappa shape index (κ1) is 18.9. The number of nitrogens with one attached hydrogen (secondary N) is 1. The van der Waals surface area contributed by atoms with Gasteiger partial charge in [-0.25, -0.2) is 0 Å². The highest BCUT2D eigenvalue weighted by Crippen LogP contribution is 2.17. The van der Waals surface area contributed by atoms with Crippen LogP contribution < -0.4 is 10.1 Å². The number of aryl methyl sites for hydroxylation is 1. The number of nitrogens with zero attached hydrogens (tertiary/aromatic N) is 3. The van der Waals surface area contributed by atoms with Crippen molar-refractivity contribution in [2.75, 3.05) is 34.4 Å². The molecular weight excluding hydrogens is 316 g/mol. The zero-order valence-corrected chi connectivity index (χ0v) is 15.5. The smallest absolute Gasteiger partial charge is 0.193 e. The van der Waals surface area contributed by atoms with Gasteiger partial charge < -0.3 is 24.3 Å². The maximum Gasteiger partial charge on any atom is 0.193 e. The van der Waals surface area contributed by atoms with Crippen LogP contribution in [0.3, 0.4) is 0 Å². The minimum absolute atomic E-state index is 0.531. The normalized spacial score (nSPS) is 11.4. The number of ether oxygens (including phenoxy) is 2. The minimum Gasteiger partial charge on any atom is -0.496 e. The monoisotopic (exact) mass is 344 g/mol. The molecule has 0 spiro atoms. The van der Waals surface area contributed by atoms with Crippen LogP contribution in [0.2, 0.25) is 0 Å². The van der Waals surface area contributed by atoms with E-state index in [1.807, 2.05) is 50.6 Å². The van der Waals surface area contributed by atoms with Crippen molar-refractivity contribution in [3.63, 3.8) is 0 Å². The van der Waals surface area contributed by atoms with Gasteiger partial charge in [-0.05, 0) is 18.2 Å². The molecule has 0 amide bonds. The zero-order valence-electron chi connectivity index (χ0n) is 15.5. The van der Waals surface area contributed by atoms with Crippen molar-refractivity contribution in [1.29, 1.82) is 0 Å². The Morgan fingerprint density at radius 3 is 2.72 bits per heavy atom. The van der Waals surface area contributed by atoms with Crippen LogP contribution in [0.1, 0.15) is 11.3 Å². The largest absolute Gasteiger partial charge is 0.496 e. The molecule has 0 saturated heterocycles. The first-order valence-electron chi connectivity index (χ1n) is 8.37. The fraction of sp³-hybridized carbons (Fsp3) is 0.421. The van der Waals surface area contributed by atoms with Gasteiger partial charge in [0.15, 0.2) is 5.96 Å². The molecule has 1 aromatic carbocycles. The fourth-order valence-corrected chi connectivity index (χ4v) is 2.60. The minimum atomic E-state index is 0.531. The van der Waals surface area contributed by atoms with Crippen LogP contribution in [0.5, 0.6) is 5.75 Å². The number of hydrogen-bond acceptors (Lipinski definition) is 3. The summed E-state index contributed by atoms with van der Waals surface area (Å²) in [4.78, 5) is 6.42. The SMILES string of the molecule is CN=C(NCCOCc1ccccc1OC)N(C)Cc1cccn1C. The van der Waals surface area contributed by atoms with Gasteiger partial charge in [-0.2, -0.15) is 0 Å². The van der Waals surface area contributed by atoms with Crippen LogP contribution in [-0.2, 0) is 24.9 Å². The van der Waals surface area contributed by atoms with Crippen molar-refractivity contribution in [3.05, 3.63) is 53.9 Å². The van der Waals surface area contributed by atoms with Gasteiger partial charge in [-0.15, -0.1) is 0 Å². The Morgan fingerprint density at radius 2 is 2.04 bits per heavy atom. The van der Waals surface area contributed by atoms with Crippen molar-refractivity contribution in [2.45, 2.75) is 13.2 Å². The van der Waals surface area contributed by atoms with E-state index >= 15 is 0 Å². The van der Waals surface area contributed by atoms with E-state index in [4.69, 9.17) is 9.47 Å². The Hall–Kier alpha value is -2.47. The van der Waals surface area contributed by atoms with Gasteiger partial charge in [0.1, 0.15) is 5.75 Å². The van der Waals surface area contributed by atoms with Gasteiger partial charge in [-0.1, -0.05) is 18.2 Å². The number of guanidine groups is 1. The van der Waals surface area contributed by atoms with Gasteiger partial charge in [0.05, 0.1) is 26.9 Å². The van der Waals surface area contributed by atoms with E-state index in [9.17, 15) is 0 Å². The lowest BCUT2D eigenvalue weighted by Crippen LogP contribution is -2.40. The lowest BCUT2D eigenvalue weighted by molar-refractivity contribution is 0.123. The maximum absolute atomic E-state index is 5.74. The molecule has 2 aromatic rings. The molecule has 0 atom stereocenters. The second-order valence-electron chi connectivity index (χ2n) is 5.80. The van der Waals surface area contributed by atoms with Crippen LogP contribution in [0.25, 0.3) is 0 Å². The Labute approximate surface area is 150 Å². The van der Waals surface area contributed by atoms with Gasteiger partial charge in [0, 0.05) is 45.1 Å². The summed E-state index contributed by atoms with van der Waals surface area (Å²) in [5, 5.41) is 3.33. The van der Waals surface area contributed by atoms with E-state index in [1.54, 1.807) is 14.2 Å². The molecule has 1 N–H and O–H groups in total. The summed E-state index contributed by atoms with van der Waals surface area (Å²) in [6.07, 6.45) is 2.05. The standard InChI is InChI=1S/C19H28N4O2/c1-20-19(23(3)14-17-9-7-12-22(17)2)21-11-13-25-15-16-8-5-6-10-18(16)24-4/h5-10,12H,11,13-15H2,1-4H3,(H,20,21). The molecular formula is C19H28N4O2. The molecule has 0 aliphatic rings. The maximum atomic E-state index is 5.74. The zero-order chi connectivity index (χ0) is 18.1. The summed E-state index contributed by atoms with van der Waals surface area (Å²) in [5.74, 6) is 1.70. The molecule has 0 unspecified atom stereocenters. The molecule has 0 radical (unpaired) electrons. The molecule has 0 aliphatic heterocycles. The van der Waals surface area contributed by atoms with Gasteiger partial charge in [-0.3, -0.25) is 4.99 Å². The predicted molar refractivity (Wildman–Crippen MR) is 101 cm³/mol. The third kappa shape index (κ3) is 5.53. The van der Waals surface area contributed by atoms with E-state index in [0.717, 1.165) is 23.8 Å². The topological polar surface area (TPSA) is 51.0 Å². The Balaban J connectivity index is 1.73. The van der Waals surface area contributed by atoms with Gasteiger partial charge in [0.25, 0.3) is 0 Å². The van der Waals surface area contributed by atoms with Crippen molar-refractivity contribution >= 4 is 5.96 Å². The Bertz CT molecular complexity index is 682. The number of rotatable bonds is 8. The number of benzene rings is 1. The number of aliphatic imine (C=N–C) groups is 1. The summed E-state index contributed by atoms with van der Waals surface area (Å²) >= 11 is 0. The van der Waals surface area contributed by atoms with Crippen LogP contribution in [0.4, 0.5) is 0 Å². The van der Waals surface area contributed by atoms with Crippen molar-refractivity contribution in [2.24, 2.45) is 12.0 Å². The summed E-state index contributed by atoms with van der Waals surface area (Å²) in [5.41, 5.74) is 2.29. The van der Waals surface area contributed by atoms with Crippen LogP contribution in [-0.4, -0.2) is 49.8 Å². The number of aromatic nitrogens is 1. The molecule has 0 bridgehead atoms. The molecule has 2 rings (SSSR count). The van der Waals surface area contributed by atoms with Crippen molar-refractivity contribution in [1.82, 2.24) is 14.8 Å². The second-order valence-corrected chi connectivity index (χ2v) is 5.80. The van der Waals surface area contributed by atoms with E-state index in [2.05, 4.69) is 25.8 Å². The lowest BCUT2D eigenvalue weighted by Gasteiger charge is -2.22. The average Bonchev–Trinajstić information content (AvgIpc) is 3.03. The summed E-state index contributed by atoms with van der Waals surface area (Å²) < 4.78 is 13.2. The third-order valence-corrected chi connectivity index (χ3v) is 4.00. The van der Waals surface area contributed by atoms with Gasteiger partial charge >= 0.3 is 0 Å². The number of para-hydroxylation sites is 1. The van der Waals surface area contributed by atoms with E-state index < -0.39 is 0 Å². The number of methoxy groups -OCH3 is 1. The quantitative estimate of drug-likeness (QED) is 0.453. The summed E-state index contributed by atoms with van der Waals surface area (Å²) in [6, 6.07) is 12.1. The molecule has 6 nitrogen and oxygen atoms in total. The molecule has 1 aromatic heterocycles. The molecule has 0 aliphatic carbocycles. The predicted octanol–water partition coefficient (Wildman–Crippen LogP) is 2.26. The van der Waals surface area contributed by atoms with Gasteiger partial charge in [0.2, 0.25) is 0 Å². The molecule has 6 heteroatoms. The molecule has 0 saturated carbocycles. The highest BCUT2D eigenvalue weighted by molar-refractivity contribution is 5.79. The highest BCUT2D eigenvalue weighted by atomic mass is 16.5. The van der Waals surface area contributed by atoms with Crippen LogP contribution in [0.15, 0.2) is 47.6 Å². The highest BCUT2D eigenvalue weighted by Gasteiger charge is 2.08. The Morgan fingerprint density at radius 1 is 1.24 bits per heavy atom. The first-order chi connectivity index (χ1) is 12.2. The second kappa shape index (κ2) is 9.74. The third-order valence-electron chi connectivity index (χ3n) is 4.00. The lowest BCUT2D eigenvalue weighted by atomic mass is 10.2. The summed E-state index contributed by atoms with van der Waals surface area (Å²) in [6.45, 7) is 2.61. The van der Waals surface area contributed by atoms with E-state index in [0.29, 0.717) is 19.8 Å². The average molecular weight is 344 g/mol.